The number of benzene rings is 3. The quantitative estimate of drug-likeness (QED) is 0.272. The molecular weight excluding hydrogens is 406 g/mol. The molecule has 1 atom stereocenters. The summed E-state index contributed by atoms with van der Waals surface area (Å²) in [6.07, 6.45) is -0.173. The smallest absolute Gasteiger partial charge is 0.265 e. The second-order valence-corrected chi connectivity index (χ2v) is 7.61. The van der Waals surface area contributed by atoms with Gasteiger partial charge in [0.15, 0.2) is 5.78 Å². The predicted molar refractivity (Wildman–Crippen MR) is 125 cm³/mol. The minimum absolute atomic E-state index is 0.0114. The van der Waals surface area contributed by atoms with E-state index >= 15 is 0 Å². The lowest BCUT2D eigenvalue weighted by molar-refractivity contribution is 0.0972. The maximum absolute atomic E-state index is 13.3. The van der Waals surface area contributed by atoms with E-state index in [-0.39, 0.29) is 23.5 Å². The summed E-state index contributed by atoms with van der Waals surface area (Å²) in [6, 6.07) is 19.9. The maximum atomic E-state index is 13.3. The van der Waals surface area contributed by atoms with Gasteiger partial charge in [-0.05, 0) is 36.4 Å². The SMILES string of the molecule is Cn1c(=O)c(C(=O)C[C@H](Nc2cccc(N)c2)c2ccccc2O)c(O)c2ccccc21. The fourth-order valence-corrected chi connectivity index (χ4v) is 3.87. The van der Waals surface area contributed by atoms with E-state index in [1.807, 2.05) is 0 Å². The first kappa shape index (κ1) is 21.0. The number of aryl methyl sites for hydroxylation is 1. The molecule has 0 fully saturated rings. The molecule has 32 heavy (non-hydrogen) atoms. The molecule has 3 aromatic carbocycles. The van der Waals surface area contributed by atoms with E-state index in [1.165, 1.54) is 10.6 Å². The van der Waals surface area contributed by atoms with Crippen LogP contribution in [0.2, 0.25) is 0 Å². The molecule has 7 nitrogen and oxygen atoms in total. The number of phenolic OH excluding ortho intramolecular Hbond substituents is 1. The monoisotopic (exact) mass is 429 g/mol. The number of para-hydroxylation sites is 2. The third kappa shape index (κ3) is 3.88. The van der Waals surface area contributed by atoms with E-state index in [9.17, 15) is 19.8 Å². The average molecular weight is 429 g/mol. The standard InChI is InChI=1S/C25H23N3O4/c1-28-20-11-4-2-10-18(20)24(31)23(25(28)32)22(30)14-19(17-9-3-5-12-21(17)29)27-16-8-6-7-15(26)13-16/h2-13,19,27,29,31H,14,26H2,1H3/t19-/m0/s1. The molecule has 4 aromatic rings. The van der Waals surface area contributed by atoms with Crippen LogP contribution < -0.4 is 16.6 Å². The number of aromatic hydroxyl groups is 2. The summed E-state index contributed by atoms with van der Waals surface area (Å²) in [5.74, 6) is -0.871. The minimum Gasteiger partial charge on any atom is -0.508 e. The molecule has 0 aliphatic heterocycles. The lowest BCUT2D eigenvalue weighted by Crippen LogP contribution is -2.26. The number of anilines is 2. The van der Waals surface area contributed by atoms with Crippen LogP contribution in [0.1, 0.15) is 28.4 Å². The summed E-state index contributed by atoms with van der Waals surface area (Å²) < 4.78 is 1.35. The predicted octanol–water partition coefficient (Wildman–Crippen LogP) is 3.96. The van der Waals surface area contributed by atoms with Gasteiger partial charge >= 0.3 is 0 Å². The van der Waals surface area contributed by atoms with Crippen molar-refractivity contribution in [2.45, 2.75) is 12.5 Å². The van der Waals surface area contributed by atoms with E-state index in [4.69, 9.17) is 5.73 Å². The molecule has 0 saturated heterocycles. The summed E-state index contributed by atoms with van der Waals surface area (Å²) in [4.78, 5) is 26.2. The molecule has 0 spiro atoms. The first-order valence-electron chi connectivity index (χ1n) is 10.1. The number of nitrogens with one attached hydrogen (secondary N) is 1. The molecule has 162 valence electrons. The van der Waals surface area contributed by atoms with Gasteiger partial charge in [-0.25, -0.2) is 0 Å². The maximum Gasteiger partial charge on any atom is 0.265 e. The van der Waals surface area contributed by atoms with Crippen LogP contribution >= 0.6 is 0 Å². The van der Waals surface area contributed by atoms with Gasteiger partial charge in [0.1, 0.15) is 17.1 Å². The van der Waals surface area contributed by atoms with E-state index in [1.54, 1.807) is 73.8 Å². The number of hydrogen-bond donors (Lipinski definition) is 4. The highest BCUT2D eigenvalue weighted by Crippen LogP contribution is 2.33. The molecular formula is C25H23N3O4. The summed E-state index contributed by atoms with van der Waals surface area (Å²) in [5.41, 5.74) is 7.23. The molecule has 5 N–H and O–H groups in total. The Labute approximate surface area is 184 Å². The third-order valence-electron chi connectivity index (χ3n) is 5.48. The number of nitrogens with two attached hydrogens (primary N) is 1. The number of nitrogens with zero attached hydrogens (tertiary/aromatic N) is 1. The van der Waals surface area contributed by atoms with Crippen molar-refractivity contribution in [1.29, 1.82) is 0 Å². The molecule has 0 radical (unpaired) electrons. The van der Waals surface area contributed by atoms with Gasteiger partial charge in [0, 0.05) is 35.8 Å². The van der Waals surface area contributed by atoms with Crippen LogP contribution in [0.3, 0.4) is 0 Å². The number of ketones is 1. The van der Waals surface area contributed by atoms with Crippen molar-refractivity contribution in [2.24, 2.45) is 7.05 Å². The third-order valence-corrected chi connectivity index (χ3v) is 5.48. The molecule has 0 aliphatic carbocycles. The summed E-state index contributed by atoms with van der Waals surface area (Å²) in [6.45, 7) is 0. The molecule has 0 saturated carbocycles. The van der Waals surface area contributed by atoms with Crippen LogP contribution in [0.25, 0.3) is 10.9 Å². The van der Waals surface area contributed by atoms with E-state index in [0.717, 1.165) is 0 Å². The van der Waals surface area contributed by atoms with Gasteiger partial charge in [-0.2, -0.15) is 0 Å². The number of nitrogen functional groups attached to an aromatic ring is 1. The van der Waals surface area contributed by atoms with Gasteiger partial charge in [-0.1, -0.05) is 36.4 Å². The Kier molecular flexibility index (Phi) is 5.55. The topological polar surface area (TPSA) is 118 Å². The Morgan fingerprint density at radius 3 is 2.50 bits per heavy atom. The molecule has 0 aliphatic rings. The van der Waals surface area contributed by atoms with Gasteiger partial charge in [-0.3, -0.25) is 9.59 Å². The zero-order valence-corrected chi connectivity index (χ0v) is 17.4. The molecule has 7 heteroatoms. The second-order valence-electron chi connectivity index (χ2n) is 7.61. The normalized spacial score (nSPS) is 11.9. The van der Waals surface area contributed by atoms with Crippen LogP contribution in [-0.4, -0.2) is 20.6 Å². The van der Waals surface area contributed by atoms with Crippen molar-refractivity contribution in [1.82, 2.24) is 4.57 Å². The van der Waals surface area contributed by atoms with Crippen molar-refractivity contribution < 1.29 is 15.0 Å². The van der Waals surface area contributed by atoms with Crippen LogP contribution in [0.5, 0.6) is 11.5 Å². The fraction of sp³-hybridized carbons (Fsp3) is 0.120. The van der Waals surface area contributed by atoms with Gasteiger partial charge < -0.3 is 25.8 Å². The lowest BCUT2D eigenvalue weighted by Gasteiger charge is -2.21. The number of pyridine rings is 1. The van der Waals surface area contributed by atoms with Crippen molar-refractivity contribution >= 4 is 28.1 Å². The molecule has 1 heterocycles. The molecule has 1 aromatic heterocycles. The van der Waals surface area contributed by atoms with Crippen molar-refractivity contribution in [3.8, 4) is 11.5 Å². The number of hydrogen-bond acceptors (Lipinski definition) is 6. The number of Topliss-reactive ketones (excluding diaryl/α,β-unsaturated/α-hetero) is 1. The largest absolute Gasteiger partial charge is 0.508 e. The highest BCUT2D eigenvalue weighted by atomic mass is 16.3. The Morgan fingerprint density at radius 2 is 1.75 bits per heavy atom. The number of carbonyl (C=O) groups excluding carboxylic acids is 1. The van der Waals surface area contributed by atoms with Gasteiger partial charge in [0.2, 0.25) is 0 Å². The van der Waals surface area contributed by atoms with Crippen LogP contribution in [0.4, 0.5) is 11.4 Å². The minimum atomic E-state index is -0.666. The highest BCUT2D eigenvalue weighted by Gasteiger charge is 2.26. The first-order valence-corrected chi connectivity index (χ1v) is 10.1. The zero-order valence-electron chi connectivity index (χ0n) is 17.4. The second kappa shape index (κ2) is 8.47. The van der Waals surface area contributed by atoms with Crippen LogP contribution in [-0.2, 0) is 7.05 Å². The molecule has 0 unspecified atom stereocenters. The number of aromatic nitrogens is 1. The van der Waals surface area contributed by atoms with Gasteiger partial charge in [-0.15, -0.1) is 0 Å². The van der Waals surface area contributed by atoms with Crippen molar-refractivity contribution in [3.05, 3.63) is 94.3 Å². The fourth-order valence-electron chi connectivity index (χ4n) is 3.87. The van der Waals surface area contributed by atoms with E-state index < -0.39 is 17.4 Å². The Morgan fingerprint density at radius 1 is 1.03 bits per heavy atom. The summed E-state index contributed by atoms with van der Waals surface area (Å²) in [7, 11) is 1.56. The van der Waals surface area contributed by atoms with Crippen molar-refractivity contribution in [2.75, 3.05) is 11.1 Å². The van der Waals surface area contributed by atoms with Crippen LogP contribution in [0, 0.1) is 0 Å². The summed E-state index contributed by atoms with van der Waals surface area (Å²) in [5, 5.41) is 24.8. The summed E-state index contributed by atoms with van der Waals surface area (Å²) >= 11 is 0. The lowest BCUT2D eigenvalue weighted by atomic mass is 9.96. The first-order chi connectivity index (χ1) is 15.4. The Hall–Kier alpha value is -4.26. The highest BCUT2D eigenvalue weighted by molar-refractivity contribution is 6.03. The molecule has 0 bridgehead atoms. The van der Waals surface area contributed by atoms with Crippen LogP contribution in [0.15, 0.2) is 77.6 Å². The van der Waals surface area contributed by atoms with Crippen molar-refractivity contribution in [3.63, 3.8) is 0 Å². The molecule has 0 amide bonds. The van der Waals surface area contributed by atoms with Gasteiger partial charge in [0.05, 0.1) is 11.6 Å². The number of phenols is 1. The Bertz CT molecular complexity index is 1380. The van der Waals surface area contributed by atoms with E-state index in [2.05, 4.69) is 5.32 Å². The van der Waals surface area contributed by atoms with Gasteiger partial charge in [0.25, 0.3) is 5.56 Å². The average Bonchev–Trinajstić information content (AvgIpc) is 2.78. The molecule has 4 rings (SSSR count). The van der Waals surface area contributed by atoms with E-state index in [0.29, 0.717) is 27.8 Å². The zero-order chi connectivity index (χ0) is 22.8. The number of fused-ring (bicyclic) bond motifs is 1. The Balaban J connectivity index is 1.77. The number of rotatable bonds is 6. The number of carbonyl (C=O) groups is 1.